The lowest BCUT2D eigenvalue weighted by atomic mass is 10.0. The van der Waals surface area contributed by atoms with E-state index in [4.69, 9.17) is 5.11 Å². The third-order valence-electron chi connectivity index (χ3n) is 3.35. The van der Waals surface area contributed by atoms with Crippen molar-refractivity contribution >= 4 is 22.0 Å². The molecule has 2 heterocycles. The van der Waals surface area contributed by atoms with Crippen LogP contribution < -0.4 is 0 Å². The number of aromatic nitrogens is 2. The fourth-order valence-electron chi connectivity index (χ4n) is 2.27. The fourth-order valence-corrected chi connectivity index (χ4v) is 3.86. The van der Waals surface area contributed by atoms with Gasteiger partial charge in [0.25, 0.3) is 10.0 Å². The van der Waals surface area contributed by atoms with Gasteiger partial charge < -0.3 is 9.84 Å². The third-order valence-corrected chi connectivity index (χ3v) is 5.19. The number of hydrogen-bond acceptors (Lipinski definition) is 6. The van der Waals surface area contributed by atoms with Crippen molar-refractivity contribution in [3.05, 3.63) is 11.8 Å². The van der Waals surface area contributed by atoms with Crippen molar-refractivity contribution in [2.24, 2.45) is 5.92 Å². The number of piperidine rings is 1. The molecular formula is C11H15N3O6S. The summed E-state index contributed by atoms with van der Waals surface area (Å²) in [5, 5.41) is 14.2. The number of carbonyl (C=O) groups is 2. The van der Waals surface area contributed by atoms with Crippen molar-refractivity contribution in [1.29, 1.82) is 0 Å². The Balaban J connectivity index is 2.29. The highest BCUT2D eigenvalue weighted by molar-refractivity contribution is 7.89. The van der Waals surface area contributed by atoms with E-state index in [-0.39, 0.29) is 13.1 Å². The predicted molar refractivity (Wildman–Crippen MR) is 69.0 cm³/mol. The Hall–Kier alpha value is -1.94. The summed E-state index contributed by atoms with van der Waals surface area (Å²) in [6, 6.07) is 0. The summed E-state index contributed by atoms with van der Waals surface area (Å²) in [5.74, 6) is -2.41. The van der Waals surface area contributed by atoms with E-state index in [9.17, 15) is 18.0 Å². The molecule has 2 rings (SSSR count). The molecule has 1 atom stereocenters. The number of esters is 1. The predicted octanol–water partition coefficient (Wildman–Crippen LogP) is -0.318. The van der Waals surface area contributed by atoms with Gasteiger partial charge in [-0.25, -0.2) is 13.2 Å². The molecule has 0 saturated carbocycles. The Kier molecular flexibility index (Phi) is 4.28. The van der Waals surface area contributed by atoms with Crippen molar-refractivity contribution in [3.63, 3.8) is 0 Å². The van der Waals surface area contributed by atoms with Gasteiger partial charge in [-0.15, -0.1) is 0 Å². The molecule has 0 bridgehead atoms. The molecule has 0 aromatic carbocycles. The highest BCUT2D eigenvalue weighted by Crippen LogP contribution is 2.25. The zero-order chi connectivity index (χ0) is 15.6. The molecule has 10 heteroatoms. The van der Waals surface area contributed by atoms with Crippen molar-refractivity contribution in [2.75, 3.05) is 20.2 Å². The van der Waals surface area contributed by atoms with Crippen LogP contribution in [-0.4, -0.2) is 60.2 Å². The summed E-state index contributed by atoms with van der Waals surface area (Å²) in [6.45, 7) is 0.182. The number of nitrogens with one attached hydrogen (secondary N) is 1. The van der Waals surface area contributed by atoms with Crippen LogP contribution in [0.5, 0.6) is 0 Å². The average molecular weight is 317 g/mol. The number of carboxylic acid groups (broad SMARTS) is 1. The Morgan fingerprint density at radius 1 is 1.52 bits per heavy atom. The fraction of sp³-hybridized carbons (Fsp3) is 0.545. The first-order valence-corrected chi connectivity index (χ1v) is 7.66. The summed E-state index contributed by atoms with van der Waals surface area (Å²) in [4.78, 5) is 22.6. The molecule has 0 amide bonds. The van der Waals surface area contributed by atoms with Gasteiger partial charge in [0.1, 0.15) is 5.56 Å². The van der Waals surface area contributed by atoms with Crippen molar-refractivity contribution in [3.8, 4) is 0 Å². The van der Waals surface area contributed by atoms with E-state index in [2.05, 4.69) is 14.9 Å². The number of rotatable bonds is 4. The normalized spacial score (nSPS) is 20.1. The largest absolute Gasteiger partial charge is 0.478 e. The van der Waals surface area contributed by atoms with Gasteiger partial charge in [0.15, 0.2) is 5.03 Å². The third kappa shape index (κ3) is 2.90. The first-order valence-electron chi connectivity index (χ1n) is 6.22. The second kappa shape index (κ2) is 5.82. The Bertz CT molecular complexity index is 653. The summed E-state index contributed by atoms with van der Waals surface area (Å²) >= 11 is 0. The molecule has 21 heavy (non-hydrogen) atoms. The molecule has 9 nitrogen and oxygen atoms in total. The van der Waals surface area contributed by atoms with Crippen LogP contribution >= 0.6 is 0 Å². The first-order chi connectivity index (χ1) is 9.87. The number of ether oxygens (including phenoxy) is 1. The molecule has 1 unspecified atom stereocenters. The van der Waals surface area contributed by atoms with Crippen molar-refractivity contribution < 1.29 is 27.9 Å². The van der Waals surface area contributed by atoms with Crippen LogP contribution in [0, 0.1) is 5.92 Å². The second-order valence-electron chi connectivity index (χ2n) is 4.64. The lowest BCUT2D eigenvalue weighted by Crippen LogP contribution is -2.43. The second-order valence-corrected chi connectivity index (χ2v) is 6.52. The van der Waals surface area contributed by atoms with Crippen LogP contribution in [0.25, 0.3) is 0 Å². The highest BCUT2D eigenvalue weighted by Gasteiger charge is 2.36. The molecule has 116 valence electrons. The van der Waals surface area contributed by atoms with Gasteiger partial charge in [-0.1, -0.05) is 0 Å². The minimum atomic E-state index is -4.04. The maximum Gasteiger partial charge on any atom is 0.340 e. The van der Waals surface area contributed by atoms with Gasteiger partial charge in [0, 0.05) is 13.1 Å². The summed E-state index contributed by atoms with van der Waals surface area (Å²) in [7, 11) is -2.80. The van der Waals surface area contributed by atoms with Crippen LogP contribution in [0.1, 0.15) is 23.2 Å². The molecule has 0 spiro atoms. The zero-order valence-corrected chi connectivity index (χ0v) is 12.1. The maximum absolute atomic E-state index is 12.5. The van der Waals surface area contributed by atoms with Crippen LogP contribution in [0.4, 0.5) is 0 Å². The number of carboxylic acids is 1. The molecule has 0 aliphatic carbocycles. The molecule has 1 aromatic rings. The van der Waals surface area contributed by atoms with Gasteiger partial charge in [-0.2, -0.15) is 9.40 Å². The van der Waals surface area contributed by atoms with Gasteiger partial charge in [0.05, 0.1) is 19.2 Å². The number of H-pyrrole nitrogens is 1. The molecule has 1 saturated heterocycles. The standard InChI is InChI=1S/C11H15N3O6S/c1-20-11(17)7-3-2-4-14(6-7)21(18,19)9-8(10(15)16)5-12-13-9/h5,7H,2-4,6H2,1H3,(H,12,13)(H,15,16). The van der Waals surface area contributed by atoms with Crippen LogP contribution in [0.15, 0.2) is 11.2 Å². The number of sulfonamides is 1. The minimum Gasteiger partial charge on any atom is -0.478 e. The SMILES string of the molecule is COC(=O)C1CCCN(S(=O)(=O)c2[nH]ncc2C(=O)O)C1. The quantitative estimate of drug-likeness (QED) is 0.728. The number of nitrogens with zero attached hydrogens (tertiary/aromatic N) is 2. The van der Waals surface area contributed by atoms with E-state index in [1.807, 2.05) is 0 Å². The first kappa shape index (κ1) is 15.4. The maximum atomic E-state index is 12.5. The van der Waals surface area contributed by atoms with E-state index in [1.54, 1.807) is 0 Å². The van der Waals surface area contributed by atoms with Gasteiger partial charge in [-0.05, 0) is 12.8 Å². The number of aromatic carboxylic acids is 1. The Morgan fingerprint density at radius 2 is 2.24 bits per heavy atom. The van der Waals surface area contributed by atoms with Crippen molar-refractivity contribution in [1.82, 2.24) is 14.5 Å². The van der Waals surface area contributed by atoms with Crippen LogP contribution in [0.3, 0.4) is 0 Å². The summed E-state index contributed by atoms with van der Waals surface area (Å²) < 4.78 is 30.6. The molecule has 1 aromatic heterocycles. The van der Waals surface area contributed by atoms with Crippen LogP contribution in [-0.2, 0) is 19.6 Å². The molecule has 1 aliphatic rings. The number of hydrogen-bond donors (Lipinski definition) is 2. The monoisotopic (exact) mass is 317 g/mol. The summed E-state index contributed by atoms with van der Waals surface area (Å²) in [6.07, 6.45) is 1.97. The smallest absolute Gasteiger partial charge is 0.340 e. The lowest BCUT2D eigenvalue weighted by molar-refractivity contribution is -0.146. The lowest BCUT2D eigenvalue weighted by Gasteiger charge is -2.30. The molecular weight excluding hydrogens is 302 g/mol. The highest BCUT2D eigenvalue weighted by atomic mass is 32.2. The molecule has 1 fully saturated rings. The number of aromatic amines is 1. The Labute approximate surface area is 120 Å². The van der Waals surface area contributed by atoms with E-state index < -0.39 is 38.5 Å². The van der Waals surface area contributed by atoms with E-state index in [1.165, 1.54) is 7.11 Å². The Morgan fingerprint density at radius 3 is 2.86 bits per heavy atom. The molecule has 0 radical (unpaired) electrons. The van der Waals surface area contributed by atoms with Gasteiger partial charge in [-0.3, -0.25) is 9.89 Å². The molecule has 1 aliphatic heterocycles. The van der Waals surface area contributed by atoms with Crippen molar-refractivity contribution in [2.45, 2.75) is 17.9 Å². The number of methoxy groups -OCH3 is 1. The topological polar surface area (TPSA) is 130 Å². The van der Waals surface area contributed by atoms with E-state index in [0.29, 0.717) is 12.8 Å². The average Bonchev–Trinajstić information content (AvgIpc) is 2.97. The van der Waals surface area contributed by atoms with E-state index in [0.717, 1.165) is 10.5 Å². The zero-order valence-electron chi connectivity index (χ0n) is 11.3. The van der Waals surface area contributed by atoms with Crippen LogP contribution in [0.2, 0.25) is 0 Å². The number of carbonyl (C=O) groups excluding carboxylic acids is 1. The van der Waals surface area contributed by atoms with Gasteiger partial charge >= 0.3 is 11.9 Å². The molecule has 2 N–H and O–H groups in total. The summed E-state index contributed by atoms with van der Waals surface area (Å²) in [5.41, 5.74) is -0.421. The van der Waals surface area contributed by atoms with E-state index >= 15 is 0 Å². The van der Waals surface area contributed by atoms with Gasteiger partial charge in [0.2, 0.25) is 0 Å². The minimum absolute atomic E-state index is 0.0346.